The van der Waals surface area contributed by atoms with Crippen LogP contribution in [0.2, 0.25) is 0 Å². The molecular formula is C16H12BrFO2. The molecule has 3 rings (SSSR count). The highest BCUT2D eigenvalue weighted by Gasteiger charge is 2.51. The molecule has 2 nitrogen and oxygen atoms in total. The second-order valence-corrected chi connectivity index (χ2v) is 6.00. The molecule has 1 aliphatic rings. The highest BCUT2D eigenvalue weighted by molar-refractivity contribution is 9.10. The Bertz CT molecular complexity index is 675. The van der Waals surface area contributed by atoms with Crippen LogP contribution in [0.25, 0.3) is 11.1 Å². The van der Waals surface area contributed by atoms with Crippen LogP contribution in [0, 0.1) is 5.82 Å². The maximum Gasteiger partial charge on any atom is 0.314 e. The van der Waals surface area contributed by atoms with Crippen LogP contribution in [0.3, 0.4) is 0 Å². The van der Waals surface area contributed by atoms with Crippen LogP contribution in [0.15, 0.2) is 46.9 Å². The van der Waals surface area contributed by atoms with Crippen LogP contribution in [-0.4, -0.2) is 11.1 Å². The molecule has 0 saturated heterocycles. The lowest BCUT2D eigenvalue weighted by molar-refractivity contribution is -0.140. The molecule has 1 saturated carbocycles. The molecule has 4 heteroatoms. The molecule has 0 heterocycles. The average Bonchev–Trinajstić information content (AvgIpc) is 3.21. The fourth-order valence-electron chi connectivity index (χ4n) is 2.43. The first-order valence-corrected chi connectivity index (χ1v) is 7.12. The van der Waals surface area contributed by atoms with Crippen molar-refractivity contribution in [2.24, 2.45) is 0 Å². The molecule has 0 aromatic heterocycles. The predicted molar refractivity (Wildman–Crippen MR) is 78.1 cm³/mol. The lowest BCUT2D eigenvalue weighted by Gasteiger charge is -2.12. The Hall–Kier alpha value is -1.68. The number of hydrogen-bond acceptors (Lipinski definition) is 1. The van der Waals surface area contributed by atoms with Gasteiger partial charge in [0.15, 0.2) is 0 Å². The van der Waals surface area contributed by atoms with E-state index in [4.69, 9.17) is 0 Å². The van der Waals surface area contributed by atoms with Gasteiger partial charge in [-0.2, -0.15) is 0 Å². The second-order valence-electron chi connectivity index (χ2n) is 5.09. The first kappa shape index (κ1) is 13.3. The summed E-state index contributed by atoms with van der Waals surface area (Å²) in [7, 11) is 0. The fraction of sp³-hybridized carbons (Fsp3) is 0.188. The maximum absolute atomic E-state index is 14.3. The van der Waals surface area contributed by atoms with Crippen molar-refractivity contribution < 1.29 is 14.3 Å². The molecule has 0 radical (unpaired) electrons. The minimum Gasteiger partial charge on any atom is -0.481 e. The van der Waals surface area contributed by atoms with Crippen molar-refractivity contribution in [3.8, 4) is 11.1 Å². The van der Waals surface area contributed by atoms with E-state index in [9.17, 15) is 14.3 Å². The van der Waals surface area contributed by atoms with E-state index >= 15 is 0 Å². The van der Waals surface area contributed by atoms with Crippen molar-refractivity contribution >= 4 is 21.9 Å². The van der Waals surface area contributed by atoms with Crippen molar-refractivity contribution in [3.05, 3.63) is 58.3 Å². The van der Waals surface area contributed by atoms with Gasteiger partial charge >= 0.3 is 5.97 Å². The fourth-order valence-corrected chi connectivity index (χ4v) is 2.69. The van der Waals surface area contributed by atoms with Gasteiger partial charge in [0, 0.05) is 10.0 Å². The zero-order chi connectivity index (χ0) is 14.3. The Morgan fingerprint density at radius 3 is 2.30 bits per heavy atom. The molecule has 0 bridgehead atoms. The largest absolute Gasteiger partial charge is 0.481 e. The maximum atomic E-state index is 14.3. The summed E-state index contributed by atoms with van der Waals surface area (Å²) in [5.41, 5.74) is 0.960. The smallest absolute Gasteiger partial charge is 0.314 e. The SMILES string of the molecule is O=C(O)C1(c2ccc(-c3ccc(Br)cc3)c(F)c2)CC1. The number of carbonyl (C=O) groups is 1. The van der Waals surface area contributed by atoms with Gasteiger partial charge in [0.25, 0.3) is 0 Å². The summed E-state index contributed by atoms with van der Waals surface area (Å²) in [6.07, 6.45) is 1.17. The molecule has 1 fully saturated rings. The van der Waals surface area contributed by atoms with Gasteiger partial charge in [-0.25, -0.2) is 4.39 Å². The van der Waals surface area contributed by atoms with Gasteiger partial charge in [-0.15, -0.1) is 0 Å². The Labute approximate surface area is 124 Å². The first-order valence-electron chi connectivity index (χ1n) is 6.32. The third kappa shape index (κ3) is 2.14. The summed E-state index contributed by atoms with van der Waals surface area (Å²) in [5, 5.41) is 9.24. The number of rotatable bonds is 3. The minimum absolute atomic E-state index is 0.377. The summed E-state index contributed by atoms with van der Waals surface area (Å²) in [4.78, 5) is 11.3. The van der Waals surface area contributed by atoms with Crippen LogP contribution >= 0.6 is 15.9 Å². The molecular weight excluding hydrogens is 323 g/mol. The van der Waals surface area contributed by atoms with E-state index in [2.05, 4.69) is 15.9 Å². The Morgan fingerprint density at radius 1 is 1.15 bits per heavy atom. The monoisotopic (exact) mass is 334 g/mol. The molecule has 2 aromatic rings. The number of carboxylic acid groups (broad SMARTS) is 1. The third-order valence-electron chi connectivity index (χ3n) is 3.84. The van der Waals surface area contributed by atoms with Gasteiger partial charge in [0.05, 0.1) is 5.41 Å². The minimum atomic E-state index is -0.867. The Kier molecular flexibility index (Phi) is 3.13. The summed E-state index contributed by atoms with van der Waals surface area (Å²) in [6.45, 7) is 0. The van der Waals surface area contributed by atoms with Gasteiger partial charge in [0.1, 0.15) is 5.82 Å². The normalized spacial score (nSPS) is 15.9. The second kappa shape index (κ2) is 4.70. The van der Waals surface area contributed by atoms with E-state index in [1.807, 2.05) is 24.3 Å². The number of hydrogen-bond donors (Lipinski definition) is 1. The summed E-state index contributed by atoms with van der Waals surface area (Å²) in [6, 6.07) is 12.1. The molecule has 0 aliphatic heterocycles. The zero-order valence-electron chi connectivity index (χ0n) is 10.6. The van der Waals surface area contributed by atoms with Gasteiger partial charge in [-0.05, 0) is 42.2 Å². The van der Waals surface area contributed by atoms with E-state index < -0.39 is 11.4 Å². The predicted octanol–water partition coefficient (Wildman–Crippen LogP) is 4.37. The van der Waals surface area contributed by atoms with E-state index in [0.717, 1.165) is 10.0 Å². The standard InChI is InChI=1S/C16H12BrFO2/c17-12-4-1-10(2-5-12)13-6-3-11(9-14(13)18)16(7-8-16)15(19)20/h1-6,9H,7-8H2,(H,19,20). The van der Waals surface area contributed by atoms with Crippen molar-refractivity contribution in [1.29, 1.82) is 0 Å². The Morgan fingerprint density at radius 2 is 1.80 bits per heavy atom. The van der Waals surface area contributed by atoms with Gasteiger partial charge < -0.3 is 5.11 Å². The van der Waals surface area contributed by atoms with E-state index in [-0.39, 0.29) is 5.82 Å². The van der Waals surface area contributed by atoms with Crippen LogP contribution in [-0.2, 0) is 10.2 Å². The Balaban J connectivity index is 2.00. The summed E-state index contributed by atoms with van der Waals surface area (Å²) >= 11 is 3.34. The van der Waals surface area contributed by atoms with Crippen molar-refractivity contribution in [2.45, 2.75) is 18.3 Å². The lowest BCUT2D eigenvalue weighted by Crippen LogP contribution is -2.19. The van der Waals surface area contributed by atoms with Gasteiger partial charge in [-0.3, -0.25) is 4.79 Å². The van der Waals surface area contributed by atoms with Crippen molar-refractivity contribution in [2.75, 3.05) is 0 Å². The van der Waals surface area contributed by atoms with E-state index in [1.54, 1.807) is 12.1 Å². The topological polar surface area (TPSA) is 37.3 Å². The molecule has 102 valence electrons. The molecule has 1 N–H and O–H groups in total. The molecule has 2 aromatic carbocycles. The number of benzene rings is 2. The third-order valence-corrected chi connectivity index (χ3v) is 4.36. The molecule has 0 atom stereocenters. The van der Waals surface area contributed by atoms with E-state index in [0.29, 0.717) is 24.0 Å². The van der Waals surface area contributed by atoms with Crippen LogP contribution in [0.5, 0.6) is 0 Å². The van der Waals surface area contributed by atoms with Gasteiger partial charge in [0.2, 0.25) is 0 Å². The van der Waals surface area contributed by atoms with Crippen LogP contribution in [0.1, 0.15) is 18.4 Å². The van der Waals surface area contributed by atoms with Crippen LogP contribution in [0.4, 0.5) is 4.39 Å². The summed E-state index contributed by atoms with van der Waals surface area (Å²) < 4.78 is 15.2. The lowest BCUT2D eigenvalue weighted by atomic mass is 9.93. The van der Waals surface area contributed by atoms with E-state index in [1.165, 1.54) is 6.07 Å². The number of carboxylic acids is 1. The molecule has 0 amide bonds. The molecule has 20 heavy (non-hydrogen) atoms. The molecule has 0 unspecified atom stereocenters. The summed E-state index contributed by atoms with van der Waals surface area (Å²) in [5.74, 6) is -1.24. The van der Waals surface area contributed by atoms with Crippen molar-refractivity contribution in [1.82, 2.24) is 0 Å². The quantitative estimate of drug-likeness (QED) is 0.904. The van der Waals surface area contributed by atoms with Crippen molar-refractivity contribution in [3.63, 3.8) is 0 Å². The number of halogens is 2. The highest BCUT2D eigenvalue weighted by Crippen LogP contribution is 2.49. The zero-order valence-corrected chi connectivity index (χ0v) is 12.2. The first-order chi connectivity index (χ1) is 9.53. The van der Waals surface area contributed by atoms with Gasteiger partial charge in [-0.1, -0.05) is 40.2 Å². The van der Waals surface area contributed by atoms with Crippen LogP contribution < -0.4 is 0 Å². The molecule has 0 spiro atoms. The molecule has 1 aliphatic carbocycles. The highest BCUT2D eigenvalue weighted by atomic mass is 79.9. The number of aliphatic carboxylic acids is 1. The average molecular weight is 335 g/mol.